The number of hydrogen-bond donors (Lipinski definition) is 1. The van der Waals surface area contributed by atoms with Crippen molar-refractivity contribution in [2.45, 2.75) is 32.6 Å². The number of ether oxygens (including phenoxy) is 1. The minimum atomic E-state index is 0.100. The van der Waals surface area contributed by atoms with E-state index in [0.29, 0.717) is 12.5 Å². The first-order valence-corrected chi connectivity index (χ1v) is 7.96. The summed E-state index contributed by atoms with van der Waals surface area (Å²) < 4.78 is 5.66. The Balaban J connectivity index is 1.85. The number of nitrogens with zero attached hydrogens (tertiary/aromatic N) is 1. The number of nitrogens with two attached hydrogens (primary N) is 1. The van der Waals surface area contributed by atoms with Crippen molar-refractivity contribution in [2.24, 2.45) is 11.7 Å². The Morgan fingerprint density at radius 1 is 1.33 bits per heavy atom. The molecule has 2 N–H and O–H groups in total. The van der Waals surface area contributed by atoms with Gasteiger partial charge in [0.05, 0.1) is 6.61 Å². The van der Waals surface area contributed by atoms with Gasteiger partial charge < -0.3 is 15.4 Å². The van der Waals surface area contributed by atoms with Crippen LogP contribution in [0.25, 0.3) is 0 Å². The van der Waals surface area contributed by atoms with Gasteiger partial charge in [-0.1, -0.05) is 19.8 Å². The Morgan fingerprint density at radius 3 is 2.71 bits per heavy atom. The molecule has 0 bridgehead atoms. The van der Waals surface area contributed by atoms with E-state index in [2.05, 4.69) is 6.92 Å². The average Bonchev–Trinajstić information content (AvgIpc) is 3.00. The van der Waals surface area contributed by atoms with Crippen molar-refractivity contribution < 1.29 is 9.53 Å². The largest absolute Gasteiger partial charge is 0.494 e. The summed E-state index contributed by atoms with van der Waals surface area (Å²) in [5.41, 5.74) is 6.40. The molecule has 116 valence electrons. The first-order chi connectivity index (χ1) is 10.2. The molecule has 0 aromatic heterocycles. The molecular weight excluding hydrogens is 264 g/mol. The zero-order valence-electron chi connectivity index (χ0n) is 12.9. The molecule has 4 heteroatoms. The summed E-state index contributed by atoms with van der Waals surface area (Å²) in [7, 11) is 0. The van der Waals surface area contributed by atoms with Gasteiger partial charge in [0.15, 0.2) is 0 Å². The number of amides is 1. The third kappa shape index (κ3) is 4.46. The van der Waals surface area contributed by atoms with Crippen LogP contribution in [0, 0.1) is 5.92 Å². The maximum absolute atomic E-state index is 12.4. The summed E-state index contributed by atoms with van der Waals surface area (Å²) in [5.74, 6) is 1.39. The van der Waals surface area contributed by atoms with Gasteiger partial charge in [0.2, 0.25) is 0 Å². The molecule has 1 amide bonds. The quantitative estimate of drug-likeness (QED) is 0.786. The fraction of sp³-hybridized carbons (Fsp3) is 0.588. The molecule has 1 heterocycles. The highest BCUT2D eigenvalue weighted by Gasteiger charge is 2.25. The van der Waals surface area contributed by atoms with Crippen LogP contribution in [0.4, 0.5) is 0 Å². The minimum Gasteiger partial charge on any atom is -0.494 e. The average molecular weight is 290 g/mol. The summed E-state index contributed by atoms with van der Waals surface area (Å²) in [6.45, 7) is 5.17. The number of carbonyl (C=O) groups is 1. The Morgan fingerprint density at radius 2 is 2.10 bits per heavy atom. The second-order valence-electron chi connectivity index (χ2n) is 5.72. The van der Waals surface area contributed by atoms with Gasteiger partial charge in [-0.3, -0.25) is 4.79 Å². The number of hydrogen-bond acceptors (Lipinski definition) is 3. The van der Waals surface area contributed by atoms with E-state index >= 15 is 0 Å². The molecule has 1 aliphatic heterocycles. The molecule has 2 rings (SSSR count). The Bertz CT molecular complexity index is 445. The number of unbranched alkanes of at least 4 members (excludes halogenated alkanes) is 2. The van der Waals surface area contributed by atoms with Crippen LogP contribution >= 0.6 is 0 Å². The highest BCUT2D eigenvalue weighted by atomic mass is 16.5. The SMILES string of the molecule is CCCCCOc1ccc(C(=O)N2CCC(CN)C2)cc1. The molecule has 0 spiro atoms. The molecule has 1 atom stereocenters. The van der Waals surface area contributed by atoms with Crippen LogP contribution in [0.5, 0.6) is 5.75 Å². The van der Waals surface area contributed by atoms with E-state index in [1.54, 1.807) is 0 Å². The highest BCUT2D eigenvalue weighted by Crippen LogP contribution is 2.19. The van der Waals surface area contributed by atoms with Crippen LogP contribution in [0.15, 0.2) is 24.3 Å². The molecule has 1 fully saturated rings. The summed E-state index contributed by atoms with van der Waals surface area (Å²) in [6.07, 6.45) is 4.47. The van der Waals surface area contributed by atoms with Crippen LogP contribution in [0.3, 0.4) is 0 Å². The predicted octanol–water partition coefficient (Wildman–Crippen LogP) is 2.68. The molecule has 0 aliphatic carbocycles. The molecule has 1 unspecified atom stereocenters. The fourth-order valence-electron chi connectivity index (χ4n) is 2.63. The van der Waals surface area contributed by atoms with Crippen LogP contribution in [0.1, 0.15) is 43.0 Å². The van der Waals surface area contributed by atoms with Gasteiger partial charge >= 0.3 is 0 Å². The van der Waals surface area contributed by atoms with E-state index in [-0.39, 0.29) is 5.91 Å². The topological polar surface area (TPSA) is 55.6 Å². The van der Waals surface area contributed by atoms with Gasteiger partial charge in [-0.05, 0) is 49.6 Å². The van der Waals surface area contributed by atoms with E-state index in [9.17, 15) is 4.79 Å². The molecule has 0 radical (unpaired) electrons. The zero-order chi connectivity index (χ0) is 15.1. The van der Waals surface area contributed by atoms with Crippen molar-refractivity contribution in [3.8, 4) is 5.75 Å². The van der Waals surface area contributed by atoms with Crippen molar-refractivity contribution in [3.63, 3.8) is 0 Å². The fourth-order valence-corrected chi connectivity index (χ4v) is 2.63. The van der Waals surface area contributed by atoms with Gasteiger partial charge in [0, 0.05) is 18.7 Å². The summed E-state index contributed by atoms with van der Waals surface area (Å²) in [4.78, 5) is 14.3. The van der Waals surface area contributed by atoms with E-state index in [0.717, 1.165) is 43.9 Å². The van der Waals surface area contributed by atoms with E-state index in [4.69, 9.17) is 10.5 Å². The Kier molecular flexibility index (Phi) is 6.05. The van der Waals surface area contributed by atoms with Crippen LogP contribution in [-0.4, -0.2) is 37.0 Å². The van der Waals surface area contributed by atoms with Crippen molar-refractivity contribution in [1.82, 2.24) is 4.90 Å². The van der Waals surface area contributed by atoms with Gasteiger partial charge in [0.25, 0.3) is 5.91 Å². The molecule has 1 aromatic carbocycles. The van der Waals surface area contributed by atoms with E-state index in [1.165, 1.54) is 12.8 Å². The van der Waals surface area contributed by atoms with Crippen molar-refractivity contribution in [1.29, 1.82) is 0 Å². The first-order valence-electron chi connectivity index (χ1n) is 7.96. The van der Waals surface area contributed by atoms with Gasteiger partial charge in [-0.2, -0.15) is 0 Å². The molecule has 0 saturated carbocycles. The number of rotatable bonds is 7. The minimum absolute atomic E-state index is 0.100. The normalized spacial score (nSPS) is 18.0. The molecule has 4 nitrogen and oxygen atoms in total. The molecule has 21 heavy (non-hydrogen) atoms. The zero-order valence-corrected chi connectivity index (χ0v) is 12.9. The second-order valence-corrected chi connectivity index (χ2v) is 5.72. The van der Waals surface area contributed by atoms with Gasteiger partial charge in [0.1, 0.15) is 5.75 Å². The lowest BCUT2D eigenvalue weighted by atomic mass is 10.1. The maximum atomic E-state index is 12.4. The van der Waals surface area contributed by atoms with Gasteiger partial charge in [-0.25, -0.2) is 0 Å². The lowest BCUT2D eigenvalue weighted by Gasteiger charge is -2.16. The monoisotopic (exact) mass is 290 g/mol. The number of benzene rings is 1. The van der Waals surface area contributed by atoms with Gasteiger partial charge in [-0.15, -0.1) is 0 Å². The summed E-state index contributed by atoms with van der Waals surface area (Å²) in [5, 5.41) is 0. The third-order valence-corrected chi connectivity index (χ3v) is 4.02. The van der Waals surface area contributed by atoms with Crippen LogP contribution in [0.2, 0.25) is 0 Å². The molecule has 1 saturated heterocycles. The smallest absolute Gasteiger partial charge is 0.253 e. The molecular formula is C17H26N2O2. The maximum Gasteiger partial charge on any atom is 0.253 e. The van der Waals surface area contributed by atoms with E-state index < -0.39 is 0 Å². The lowest BCUT2D eigenvalue weighted by Crippen LogP contribution is -2.29. The third-order valence-electron chi connectivity index (χ3n) is 4.02. The first kappa shape index (κ1) is 15.8. The van der Waals surface area contributed by atoms with Crippen molar-refractivity contribution in [3.05, 3.63) is 29.8 Å². The standard InChI is InChI=1S/C17H26N2O2/c1-2-3-4-11-21-16-7-5-15(6-8-16)17(20)19-10-9-14(12-18)13-19/h5-8,14H,2-4,9-13,18H2,1H3. The highest BCUT2D eigenvalue weighted by molar-refractivity contribution is 5.94. The molecule has 1 aliphatic rings. The predicted molar refractivity (Wildman–Crippen MR) is 84.5 cm³/mol. The molecule has 1 aromatic rings. The number of carbonyl (C=O) groups excluding carboxylic acids is 1. The van der Waals surface area contributed by atoms with Crippen molar-refractivity contribution >= 4 is 5.91 Å². The summed E-state index contributed by atoms with van der Waals surface area (Å²) >= 11 is 0. The van der Waals surface area contributed by atoms with Crippen LogP contribution in [-0.2, 0) is 0 Å². The Hall–Kier alpha value is -1.55. The van der Waals surface area contributed by atoms with E-state index in [1.807, 2.05) is 29.2 Å². The number of likely N-dealkylation sites (tertiary alicyclic amines) is 1. The van der Waals surface area contributed by atoms with Crippen molar-refractivity contribution in [2.75, 3.05) is 26.2 Å². The Labute approximate surface area is 127 Å². The lowest BCUT2D eigenvalue weighted by molar-refractivity contribution is 0.0787. The summed E-state index contributed by atoms with van der Waals surface area (Å²) in [6, 6.07) is 7.48. The second kappa shape index (κ2) is 8.03. The van der Waals surface area contributed by atoms with Crippen LogP contribution < -0.4 is 10.5 Å².